The van der Waals surface area contributed by atoms with Crippen molar-refractivity contribution in [3.8, 4) is 0 Å². The molecule has 1 aliphatic heterocycles. The van der Waals surface area contributed by atoms with Gasteiger partial charge in [-0.15, -0.1) is 0 Å². The molecular weight excluding hydrogens is 357 g/mol. The Morgan fingerprint density at radius 1 is 1.09 bits per heavy atom. The van der Waals surface area contributed by atoms with E-state index in [4.69, 9.17) is 27.9 Å². The van der Waals surface area contributed by atoms with E-state index in [0.29, 0.717) is 23.2 Å². The summed E-state index contributed by atoms with van der Waals surface area (Å²) in [7, 11) is -3.54. The fraction of sp³-hybridized carbons (Fsp3) is 0.250. The second kappa shape index (κ2) is 6.79. The zero-order valence-corrected chi connectivity index (χ0v) is 14.5. The molecule has 1 unspecified atom stereocenters. The standard InChI is InChI=1S/C16H15Cl2NO3S/c17-12-6-7-14(15(18)10-12)16-11-19(8-9-22-16)23(20,21)13-4-2-1-3-5-13/h1-7,10,16H,8-9,11H2. The van der Waals surface area contributed by atoms with Gasteiger partial charge in [-0.05, 0) is 24.3 Å². The monoisotopic (exact) mass is 371 g/mol. The van der Waals surface area contributed by atoms with Crippen molar-refractivity contribution >= 4 is 33.2 Å². The lowest BCUT2D eigenvalue weighted by Gasteiger charge is -2.32. The number of halogens is 2. The van der Waals surface area contributed by atoms with Crippen LogP contribution in [0.4, 0.5) is 0 Å². The van der Waals surface area contributed by atoms with Gasteiger partial charge in [-0.3, -0.25) is 0 Å². The van der Waals surface area contributed by atoms with Gasteiger partial charge in [0.15, 0.2) is 0 Å². The minimum Gasteiger partial charge on any atom is -0.371 e. The molecule has 1 aliphatic rings. The van der Waals surface area contributed by atoms with Crippen LogP contribution >= 0.6 is 23.2 Å². The third-order valence-corrected chi connectivity index (χ3v) is 6.16. The molecule has 1 fully saturated rings. The highest BCUT2D eigenvalue weighted by Crippen LogP contribution is 2.32. The van der Waals surface area contributed by atoms with E-state index in [9.17, 15) is 8.42 Å². The molecule has 4 nitrogen and oxygen atoms in total. The second-order valence-electron chi connectivity index (χ2n) is 5.20. The number of sulfonamides is 1. The van der Waals surface area contributed by atoms with Crippen molar-refractivity contribution in [1.29, 1.82) is 0 Å². The fourth-order valence-corrected chi connectivity index (χ4v) is 4.51. The summed E-state index contributed by atoms with van der Waals surface area (Å²) in [4.78, 5) is 0.280. The van der Waals surface area contributed by atoms with E-state index in [0.717, 1.165) is 5.56 Å². The summed E-state index contributed by atoms with van der Waals surface area (Å²) in [6, 6.07) is 13.5. The highest BCUT2D eigenvalue weighted by Gasteiger charge is 2.32. The van der Waals surface area contributed by atoms with Crippen molar-refractivity contribution in [2.45, 2.75) is 11.0 Å². The normalized spacial score (nSPS) is 19.7. The van der Waals surface area contributed by atoms with Crippen LogP contribution in [0.3, 0.4) is 0 Å². The summed E-state index contributed by atoms with van der Waals surface area (Å²) >= 11 is 12.1. The van der Waals surface area contributed by atoms with Gasteiger partial charge in [0, 0.05) is 28.7 Å². The maximum absolute atomic E-state index is 12.7. The van der Waals surface area contributed by atoms with Crippen molar-refractivity contribution < 1.29 is 13.2 Å². The van der Waals surface area contributed by atoms with Crippen LogP contribution < -0.4 is 0 Å². The van der Waals surface area contributed by atoms with Crippen molar-refractivity contribution in [3.63, 3.8) is 0 Å². The van der Waals surface area contributed by atoms with E-state index in [1.165, 1.54) is 4.31 Å². The van der Waals surface area contributed by atoms with Crippen LogP contribution in [0.15, 0.2) is 53.4 Å². The SMILES string of the molecule is O=S(=O)(c1ccccc1)N1CCOC(c2ccc(Cl)cc2Cl)C1. The molecule has 0 aromatic heterocycles. The van der Waals surface area contributed by atoms with E-state index in [-0.39, 0.29) is 11.4 Å². The molecule has 2 aromatic rings. The van der Waals surface area contributed by atoms with Gasteiger partial charge in [0.2, 0.25) is 10.0 Å². The summed E-state index contributed by atoms with van der Waals surface area (Å²) in [5.41, 5.74) is 0.740. The number of ether oxygens (including phenoxy) is 1. The molecule has 0 radical (unpaired) electrons. The largest absolute Gasteiger partial charge is 0.371 e. The van der Waals surface area contributed by atoms with Crippen LogP contribution in [0, 0.1) is 0 Å². The predicted molar refractivity (Wildman–Crippen MR) is 90.4 cm³/mol. The Morgan fingerprint density at radius 2 is 1.83 bits per heavy atom. The highest BCUT2D eigenvalue weighted by molar-refractivity contribution is 7.89. The average Bonchev–Trinajstić information content (AvgIpc) is 2.56. The van der Waals surface area contributed by atoms with E-state index in [1.54, 1.807) is 48.5 Å². The summed E-state index contributed by atoms with van der Waals surface area (Å²) in [6.45, 7) is 0.854. The van der Waals surface area contributed by atoms with E-state index in [2.05, 4.69) is 0 Å². The molecule has 1 heterocycles. The average molecular weight is 372 g/mol. The third-order valence-electron chi connectivity index (χ3n) is 3.72. The quantitative estimate of drug-likeness (QED) is 0.824. The number of hydrogen-bond donors (Lipinski definition) is 0. The molecule has 0 N–H and O–H groups in total. The Morgan fingerprint density at radius 3 is 2.52 bits per heavy atom. The molecule has 122 valence electrons. The number of morpholine rings is 1. The first-order chi connectivity index (χ1) is 11.0. The molecule has 7 heteroatoms. The van der Waals surface area contributed by atoms with Crippen molar-refractivity contribution in [2.75, 3.05) is 19.7 Å². The van der Waals surface area contributed by atoms with Gasteiger partial charge < -0.3 is 4.74 Å². The van der Waals surface area contributed by atoms with Crippen LogP contribution in [0.1, 0.15) is 11.7 Å². The lowest BCUT2D eigenvalue weighted by atomic mass is 10.1. The second-order valence-corrected chi connectivity index (χ2v) is 7.98. The molecule has 0 aliphatic carbocycles. The first kappa shape index (κ1) is 16.7. The van der Waals surface area contributed by atoms with Crippen LogP contribution in [0.25, 0.3) is 0 Å². The van der Waals surface area contributed by atoms with Gasteiger partial charge in [-0.2, -0.15) is 4.31 Å². The first-order valence-electron chi connectivity index (χ1n) is 7.10. The van der Waals surface area contributed by atoms with Gasteiger partial charge in [0.05, 0.1) is 17.6 Å². The van der Waals surface area contributed by atoms with Crippen LogP contribution in [0.2, 0.25) is 10.0 Å². The van der Waals surface area contributed by atoms with Crippen LogP contribution in [-0.2, 0) is 14.8 Å². The lowest BCUT2D eigenvalue weighted by Crippen LogP contribution is -2.42. The first-order valence-corrected chi connectivity index (χ1v) is 9.30. The molecule has 23 heavy (non-hydrogen) atoms. The molecule has 0 bridgehead atoms. The summed E-state index contributed by atoms with van der Waals surface area (Å²) < 4.78 is 32.6. The summed E-state index contributed by atoms with van der Waals surface area (Å²) in [5.74, 6) is 0. The molecule has 3 rings (SSSR count). The Kier molecular flexibility index (Phi) is 4.94. The number of benzene rings is 2. The molecule has 0 amide bonds. The molecule has 0 spiro atoms. The van der Waals surface area contributed by atoms with Crippen LogP contribution in [0.5, 0.6) is 0 Å². The highest BCUT2D eigenvalue weighted by atomic mass is 35.5. The summed E-state index contributed by atoms with van der Waals surface area (Å²) in [6.07, 6.45) is -0.410. The maximum atomic E-state index is 12.7. The number of nitrogens with zero attached hydrogens (tertiary/aromatic N) is 1. The molecule has 0 saturated carbocycles. The smallest absolute Gasteiger partial charge is 0.243 e. The maximum Gasteiger partial charge on any atom is 0.243 e. The number of hydrogen-bond acceptors (Lipinski definition) is 3. The zero-order valence-electron chi connectivity index (χ0n) is 12.2. The van der Waals surface area contributed by atoms with Crippen LogP contribution in [-0.4, -0.2) is 32.4 Å². The fourth-order valence-electron chi connectivity index (χ4n) is 2.54. The van der Waals surface area contributed by atoms with Gasteiger partial charge in [-0.1, -0.05) is 47.5 Å². The Hall–Kier alpha value is -1.11. The van der Waals surface area contributed by atoms with Gasteiger partial charge in [0.25, 0.3) is 0 Å². The third kappa shape index (κ3) is 3.54. The lowest BCUT2D eigenvalue weighted by molar-refractivity contribution is -0.00249. The molecule has 2 aromatic carbocycles. The van der Waals surface area contributed by atoms with Gasteiger partial charge in [0.1, 0.15) is 0 Å². The minimum atomic E-state index is -3.54. The van der Waals surface area contributed by atoms with E-state index in [1.807, 2.05) is 0 Å². The minimum absolute atomic E-state index is 0.221. The Balaban J connectivity index is 1.86. The summed E-state index contributed by atoms with van der Waals surface area (Å²) in [5, 5.41) is 1.00. The van der Waals surface area contributed by atoms with E-state index >= 15 is 0 Å². The zero-order chi connectivity index (χ0) is 16.4. The Labute approximate surface area is 145 Å². The Bertz CT molecular complexity index is 796. The van der Waals surface area contributed by atoms with Crippen molar-refractivity contribution in [2.24, 2.45) is 0 Å². The van der Waals surface area contributed by atoms with E-state index < -0.39 is 16.1 Å². The van der Waals surface area contributed by atoms with Crippen molar-refractivity contribution in [3.05, 3.63) is 64.1 Å². The van der Waals surface area contributed by atoms with Crippen molar-refractivity contribution in [1.82, 2.24) is 4.31 Å². The topological polar surface area (TPSA) is 46.6 Å². The number of rotatable bonds is 3. The van der Waals surface area contributed by atoms with Gasteiger partial charge in [-0.25, -0.2) is 8.42 Å². The predicted octanol–water partition coefficient (Wildman–Crippen LogP) is 3.76. The molecule has 1 saturated heterocycles. The molecular formula is C16H15Cl2NO3S. The van der Waals surface area contributed by atoms with Gasteiger partial charge >= 0.3 is 0 Å². The molecule has 1 atom stereocenters.